The molecule has 0 radical (unpaired) electrons. The number of nitrogens with one attached hydrogen (secondary N) is 1. The number of aryl methyl sites for hydroxylation is 1. The molecule has 4 rings (SSSR count). The molecule has 6 heteroatoms. The number of hydrogen-bond donors (Lipinski definition) is 1. The predicted octanol–water partition coefficient (Wildman–Crippen LogP) is 4.70. The van der Waals surface area contributed by atoms with E-state index >= 15 is 0 Å². The van der Waals surface area contributed by atoms with Crippen molar-refractivity contribution in [3.63, 3.8) is 0 Å². The number of rotatable bonds is 8. The molecule has 3 aromatic rings. The van der Waals surface area contributed by atoms with Crippen LogP contribution >= 0.6 is 0 Å². The number of benzene rings is 1. The molecule has 0 unspecified atom stereocenters. The smallest absolute Gasteiger partial charge is 0.123 e. The summed E-state index contributed by atoms with van der Waals surface area (Å²) >= 11 is 0. The van der Waals surface area contributed by atoms with Crippen LogP contribution < -0.4 is 4.74 Å². The van der Waals surface area contributed by atoms with Crippen LogP contribution in [-0.4, -0.2) is 46.9 Å². The van der Waals surface area contributed by atoms with Gasteiger partial charge in [0.15, 0.2) is 0 Å². The van der Waals surface area contributed by atoms with Crippen molar-refractivity contribution in [2.45, 2.75) is 45.8 Å². The summed E-state index contributed by atoms with van der Waals surface area (Å²) < 4.78 is 11.2. The molecule has 1 aliphatic rings. The second kappa shape index (κ2) is 10.1. The summed E-state index contributed by atoms with van der Waals surface area (Å²) in [7, 11) is 1.73. The van der Waals surface area contributed by atoms with E-state index in [0.717, 1.165) is 49.5 Å². The van der Waals surface area contributed by atoms with Gasteiger partial charge in [0.05, 0.1) is 19.4 Å². The van der Waals surface area contributed by atoms with Crippen molar-refractivity contribution in [1.29, 1.82) is 0 Å². The van der Waals surface area contributed by atoms with Gasteiger partial charge in [-0.2, -0.15) is 5.10 Å². The average Bonchev–Trinajstić information content (AvgIpc) is 3.31. The first-order chi connectivity index (χ1) is 15.2. The summed E-state index contributed by atoms with van der Waals surface area (Å²) in [5, 5.41) is 6.99. The first kappa shape index (κ1) is 21.5. The standard InChI is InChI=1S/C25H32N4O2/c1-4-31-25-6-5-19(17-30-3)12-22(25)16-29-9-7-20(8-10-29)24-13-21(11-18(2)28-24)23-14-26-27-15-23/h5-6,11-15,20H,4,7-10,16-17H2,1-3H3,(H,26,27). The Morgan fingerprint density at radius 1 is 1.13 bits per heavy atom. The lowest BCUT2D eigenvalue weighted by atomic mass is 9.91. The van der Waals surface area contributed by atoms with Crippen molar-refractivity contribution in [2.24, 2.45) is 0 Å². The molecule has 0 saturated carbocycles. The van der Waals surface area contributed by atoms with Crippen LogP contribution in [0.4, 0.5) is 0 Å². The number of pyridine rings is 1. The minimum Gasteiger partial charge on any atom is -0.494 e. The van der Waals surface area contributed by atoms with Gasteiger partial charge in [-0.25, -0.2) is 0 Å². The Morgan fingerprint density at radius 3 is 2.68 bits per heavy atom. The number of piperidine rings is 1. The minimum atomic E-state index is 0.494. The van der Waals surface area contributed by atoms with Crippen LogP contribution in [0.25, 0.3) is 11.1 Å². The summed E-state index contributed by atoms with van der Waals surface area (Å²) in [6.45, 7) is 8.43. The molecule has 6 nitrogen and oxygen atoms in total. The van der Waals surface area contributed by atoms with Gasteiger partial charge in [-0.05, 0) is 75.2 Å². The van der Waals surface area contributed by atoms with Gasteiger partial charge in [-0.3, -0.25) is 15.0 Å². The number of ether oxygens (including phenoxy) is 2. The van der Waals surface area contributed by atoms with Crippen molar-refractivity contribution in [2.75, 3.05) is 26.8 Å². The van der Waals surface area contributed by atoms with Crippen LogP contribution in [0.1, 0.15) is 48.2 Å². The van der Waals surface area contributed by atoms with E-state index in [9.17, 15) is 0 Å². The van der Waals surface area contributed by atoms with Crippen LogP contribution in [0.2, 0.25) is 0 Å². The van der Waals surface area contributed by atoms with Gasteiger partial charge in [0.25, 0.3) is 0 Å². The fourth-order valence-corrected chi connectivity index (χ4v) is 4.42. The van der Waals surface area contributed by atoms with Gasteiger partial charge < -0.3 is 9.47 Å². The van der Waals surface area contributed by atoms with E-state index in [4.69, 9.17) is 14.5 Å². The molecule has 31 heavy (non-hydrogen) atoms. The Labute approximate surface area is 184 Å². The molecule has 164 valence electrons. The maximum absolute atomic E-state index is 5.88. The van der Waals surface area contributed by atoms with Crippen molar-refractivity contribution < 1.29 is 9.47 Å². The van der Waals surface area contributed by atoms with Gasteiger partial charge in [0, 0.05) is 48.3 Å². The first-order valence-electron chi connectivity index (χ1n) is 11.1. The summed E-state index contributed by atoms with van der Waals surface area (Å²) in [6.07, 6.45) is 6.04. The minimum absolute atomic E-state index is 0.494. The lowest BCUT2D eigenvalue weighted by Gasteiger charge is -2.32. The zero-order valence-corrected chi connectivity index (χ0v) is 18.7. The Balaban J connectivity index is 1.43. The van der Waals surface area contributed by atoms with Crippen LogP contribution in [0.3, 0.4) is 0 Å². The van der Waals surface area contributed by atoms with Crippen molar-refractivity contribution in [3.8, 4) is 16.9 Å². The molecule has 1 saturated heterocycles. The SMILES string of the molecule is CCOc1ccc(COC)cc1CN1CCC(c2cc(-c3cn[nH]c3)cc(C)n2)CC1. The van der Waals surface area contributed by atoms with E-state index in [1.54, 1.807) is 7.11 Å². The van der Waals surface area contributed by atoms with Crippen LogP contribution in [0.15, 0.2) is 42.7 Å². The highest BCUT2D eigenvalue weighted by Gasteiger charge is 2.23. The lowest BCUT2D eigenvalue weighted by molar-refractivity contribution is 0.183. The van der Waals surface area contributed by atoms with Crippen molar-refractivity contribution in [1.82, 2.24) is 20.1 Å². The third-order valence-electron chi connectivity index (χ3n) is 5.94. The molecule has 1 aromatic carbocycles. The first-order valence-corrected chi connectivity index (χ1v) is 11.1. The van der Waals surface area contributed by atoms with Gasteiger partial charge in [0.1, 0.15) is 5.75 Å². The Kier molecular flexibility index (Phi) is 6.99. The number of methoxy groups -OCH3 is 1. The molecule has 3 heterocycles. The third-order valence-corrected chi connectivity index (χ3v) is 5.94. The zero-order chi connectivity index (χ0) is 21.6. The molecule has 2 aromatic heterocycles. The molecule has 1 aliphatic heterocycles. The predicted molar refractivity (Wildman–Crippen MR) is 122 cm³/mol. The lowest BCUT2D eigenvalue weighted by Crippen LogP contribution is -2.33. The molecule has 0 amide bonds. The van der Waals surface area contributed by atoms with Crippen molar-refractivity contribution >= 4 is 0 Å². The normalized spacial score (nSPS) is 15.3. The van der Waals surface area contributed by atoms with Gasteiger partial charge in [-0.15, -0.1) is 0 Å². The van der Waals surface area contributed by atoms with E-state index in [1.165, 1.54) is 22.4 Å². The van der Waals surface area contributed by atoms with E-state index in [0.29, 0.717) is 19.1 Å². The van der Waals surface area contributed by atoms with E-state index in [-0.39, 0.29) is 0 Å². The van der Waals surface area contributed by atoms with Crippen molar-refractivity contribution in [3.05, 3.63) is 65.2 Å². The van der Waals surface area contributed by atoms with Gasteiger partial charge in [-0.1, -0.05) is 6.07 Å². The molecule has 1 fully saturated rings. The molecule has 0 spiro atoms. The van der Waals surface area contributed by atoms with Crippen LogP contribution in [-0.2, 0) is 17.9 Å². The second-order valence-corrected chi connectivity index (χ2v) is 8.27. The Bertz CT molecular complexity index is 979. The highest BCUT2D eigenvalue weighted by Crippen LogP contribution is 2.31. The Hall–Kier alpha value is -2.70. The summed E-state index contributed by atoms with van der Waals surface area (Å²) in [5.74, 6) is 1.47. The van der Waals surface area contributed by atoms with Gasteiger partial charge in [0.2, 0.25) is 0 Å². The fourth-order valence-electron chi connectivity index (χ4n) is 4.42. The molecular formula is C25H32N4O2. The molecule has 1 N–H and O–H groups in total. The number of H-pyrrole nitrogens is 1. The van der Waals surface area contributed by atoms with Crippen LogP contribution in [0, 0.1) is 6.92 Å². The zero-order valence-electron chi connectivity index (χ0n) is 18.7. The number of likely N-dealkylation sites (tertiary alicyclic amines) is 1. The fraction of sp³-hybridized carbons (Fsp3) is 0.440. The summed E-state index contributed by atoms with van der Waals surface area (Å²) in [5.41, 5.74) is 7.00. The molecular weight excluding hydrogens is 388 g/mol. The summed E-state index contributed by atoms with van der Waals surface area (Å²) in [4.78, 5) is 7.39. The highest BCUT2D eigenvalue weighted by atomic mass is 16.5. The van der Waals surface area contributed by atoms with E-state index in [1.807, 2.05) is 19.3 Å². The number of hydrogen-bond acceptors (Lipinski definition) is 5. The average molecular weight is 421 g/mol. The van der Waals surface area contributed by atoms with Gasteiger partial charge >= 0.3 is 0 Å². The Morgan fingerprint density at radius 2 is 1.97 bits per heavy atom. The quantitative estimate of drug-likeness (QED) is 0.572. The maximum Gasteiger partial charge on any atom is 0.123 e. The summed E-state index contributed by atoms with van der Waals surface area (Å²) in [6, 6.07) is 10.8. The van der Waals surface area contributed by atoms with E-state index < -0.39 is 0 Å². The molecule has 0 aliphatic carbocycles. The maximum atomic E-state index is 5.88. The van der Waals surface area contributed by atoms with Crippen LogP contribution in [0.5, 0.6) is 5.75 Å². The highest BCUT2D eigenvalue weighted by molar-refractivity contribution is 5.62. The topological polar surface area (TPSA) is 63.3 Å². The second-order valence-electron chi connectivity index (χ2n) is 8.27. The number of aromatic nitrogens is 3. The third kappa shape index (κ3) is 5.32. The number of aromatic amines is 1. The molecule has 0 bridgehead atoms. The largest absolute Gasteiger partial charge is 0.494 e. The van der Waals surface area contributed by atoms with E-state index in [2.05, 4.69) is 52.4 Å². The molecule has 0 atom stereocenters. The number of nitrogens with zero attached hydrogens (tertiary/aromatic N) is 3. The monoisotopic (exact) mass is 420 g/mol.